The zero-order valence-corrected chi connectivity index (χ0v) is 9.70. The first-order chi connectivity index (χ1) is 8.14. The summed E-state index contributed by atoms with van der Waals surface area (Å²) in [7, 11) is -4.29. The van der Waals surface area contributed by atoms with E-state index in [1.165, 1.54) is 18.2 Å². The van der Waals surface area contributed by atoms with Crippen LogP contribution in [0.2, 0.25) is 0 Å². The van der Waals surface area contributed by atoms with Crippen molar-refractivity contribution in [3.05, 3.63) is 30.3 Å². The number of halogens is 3. The van der Waals surface area contributed by atoms with Crippen LogP contribution in [0.4, 0.5) is 13.2 Å². The minimum absolute atomic E-state index is 0.333. The topological polar surface area (TPSA) is 71.4 Å². The standard InChI is InChI=1S/C10H9F3O4S/c11-10(12,13)8(9(14)15)6-18(16,17)7-4-2-1-3-5-7/h1-5,8H,6H2,(H,14,15). The Morgan fingerprint density at radius 2 is 1.72 bits per heavy atom. The molecule has 0 aliphatic carbocycles. The van der Waals surface area contributed by atoms with E-state index in [1.54, 1.807) is 0 Å². The number of sulfone groups is 1. The fraction of sp³-hybridized carbons (Fsp3) is 0.300. The van der Waals surface area contributed by atoms with Crippen LogP contribution in [0.5, 0.6) is 0 Å². The molecule has 0 aliphatic heterocycles. The quantitative estimate of drug-likeness (QED) is 0.912. The van der Waals surface area contributed by atoms with Gasteiger partial charge in [-0.25, -0.2) is 8.42 Å². The number of aliphatic carboxylic acids is 1. The zero-order valence-electron chi connectivity index (χ0n) is 8.89. The average Bonchev–Trinajstić information content (AvgIpc) is 2.25. The SMILES string of the molecule is O=C(O)C(CS(=O)(=O)c1ccccc1)C(F)(F)F. The molecule has 0 amide bonds. The van der Waals surface area contributed by atoms with Gasteiger partial charge in [0.05, 0.1) is 10.6 Å². The van der Waals surface area contributed by atoms with Crippen molar-refractivity contribution in [2.75, 3.05) is 5.75 Å². The minimum atomic E-state index is -5.10. The van der Waals surface area contributed by atoms with Crippen molar-refractivity contribution < 1.29 is 31.5 Å². The molecule has 0 bridgehead atoms. The molecule has 100 valence electrons. The lowest BCUT2D eigenvalue weighted by Crippen LogP contribution is -2.36. The maximum absolute atomic E-state index is 12.4. The molecule has 4 nitrogen and oxygen atoms in total. The first-order valence-corrected chi connectivity index (χ1v) is 6.37. The normalized spacial score (nSPS) is 14.2. The average molecular weight is 282 g/mol. The summed E-state index contributed by atoms with van der Waals surface area (Å²) in [4.78, 5) is 10.1. The van der Waals surface area contributed by atoms with Gasteiger partial charge < -0.3 is 5.11 Å². The van der Waals surface area contributed by atoms with Crippen LogP contribution in [0.3, 0.4) is 0 Å². The first kappa shape index (κ1) is 14.5. The maximum atomic E-state index is 12.4. The Balaban J connectivity index is 3.06. The van der Waals surface area contributed by atoms with E-state index in [9.17, 15) is 26.4 Å². The van der Waals surface area contributed by atoms with Crippen LogP contribution in [0.1, 0.15) is 0 Å². The molecule has 0 radical (unpaired) electrons. The molecule has 0 aromatic heterocycles. The lowest BCUT2D eigenvalue weighted by molar-refractivity contribution is -0.189. The molecular formula is C10H9F3O4S. The molecule has 1 unspecified atom stereocenters. The molecule has 0 fully saturated rings. The number of carbonyl (C=O) groups is 1. The Labute approximate surface area is 101 Å². The van der Waals surface area contributed by atoms with E-state index in [-0.39, 0.29) is 4.90 Å². The van der Waals surface area contributed by atoms with E-state index < -0.39 is 33.7 Å². The molecule has 1 rings (SSSR count). The van der Waals surface area contributed by atoms with Crippen molar-refractivity contribution in [3.8, 4) is 0 Å². The summed E-state index contributed by atoms with van der Waals surface area (Å²) in [6.45, 7) is 0. The van der Waals surface area contributed by atoms with Gasteiger partial charge in [-0.2, -0.15) is 13.2 Å². The maximum Gasteiger partial charge on any atom is 0.403 e. The van der Waals surface area contributed by atoms with Crippen LogP contribution < -0.4 is 0 Å². The van der Waals surface area contributed by atoms with Crippen molar-refractivity contribution in [2.24, 2.45) is 5.92 Å². The zero-order chi connectivity index (χ0) is 14.0. The molecule has 1 atom stereocenters. The lowest BCUT2D eigenvalue weighted by Gasteiger charge is -2.15. The van der Waals surface area contributed by atoms with Gasteiger partial charge in [-0.1, -0.05) is 18.2 Å². The number of carboxylic acid groups (broad SMARTS) is 1. The number of hydrogen-bond acceptors (Lipinski definition) is 3. The molecule has 1 aromatic carbocycles. The summed E-state index contributed by atoms with van der Waals surface area (Å²) in [5.41, 5.74) is 0. The van der Waals surface area contributed by atoms with Gasteiger partial charge in [-0.15, -0.1) is 0 Å². The van der Waals surface area contributed by atoms with Crippen LogP contribution >= 0.6 is 0 Å². The van der Waals surface area contributed by atoms with Crippen LogP contribution in [0, 0.1) is 5.92 Å². The minimum Gasteiger partial charge on any atom is -0.481 e. The summed E-state index contributed by atoms with van der Waals surface area (Å²) < 4.78 is 60.4. The molecule has 0 heterocycles. The lowest BCUT2D eigenvalue weighted by atomic mass is 10.2. The number of carboxylic acids is 1. The van der Waals surface area contributed by atoms with Gasteiger partial charge in [0.2, 0.25) is 0 Å². The van der Waals surface area contributed by atoms with E-state index >= 15 is 0 Å². The van der Waals surface area contributed by atoms with E-state index in [4.69, 9.17) is 5.11 Å². The highest BCUT2D eigenvalue weighted by molar-refractivity contribution is 7.91. The molecule has 1 N–H and O–H groups in total. The third-order valence-corrected chi connectivity index (χ3v) is 3.94. The van der Waals surface area contributed by atoms with Crippen molar-refractivity contribution in [2.45, 2.75) is 11.1 Å². The number of hydrogen-bond donors (Lipinski definition) is 1. The first-order valence-electron chi connectivity index (χ1n) is 4.72. The second-order valence-corrected chi connectivity index (χ2v) is 5.56. The van der Waals surface area contributed by atoms with Gasteiger partial charge in [0, 0.05) is 0 Å². The summed E-state index contributed by atoms with van der Waals surface area (Å²) in [6.07, 6.45) is -5.10. The number of alkyl halides is 3. The second-order valence-electron chi connectivity index (χ2n) is 3.53. The van der Waals surface area contributed by atoms with E-state index in [0.717, 1.165) is 12.1 Å². The predicted molar refractivity (Wildman–Crippen MR) is 55.7 cm³/mol. The second kappa shape index (κ2) is 4.97. The Hall–Kier alpha value is -1.57. The van der Waals surface area contributed by atoms with Gasteiger partial charge in [0.15, 0.2) is 15.8 Å². The van der Waals surface area contributed by atoms with E-state index in [2.05, 4.69) is 0 Å². The monoisotopic (exact) mass is 282 g/mol. The molecule has 0 spiro atoms. The highest BCUT2D eigenvalue weighted by Crippen LogP contribution is 2.29. The van der Waals surface area contributed by atoms with Gasteiger partial charge in [0.1, 0.15) is 0 Å². The molecular weight excluding hydrogens is 273 g/mol. The third-order valence-electron chi connectivity index (χ3n) is 2.18. The highest BCUT2D eigenvalue weighted by atomic mass is 32.2. The smallest absolute Gasteiger partial charge is 0.403 e. The van der Waals surface area contributed by atoms with Gasteiger partial charge >= 0.3 is 12.1 Å². The van der Waals surface area contributed by atoms with Crippen LogP contribution in [0.15, 0.2) is 35.2 Å². The molecule has 8 heteroatoms. The Morgan fingerprint density at radius 1 is 1.22 bits per heavy atom. The molecule has 18 heavy (non-hydrogen) atoms. The van der Waals surface area contributed by atoms with Crippen molar-refractivity contribution in [1.29, 1.82) is 0 Å². The number of rotatable bonds is 4. The summed E-state index contributed by atoms with van der Waals surface area (Å²) in [6, 6.07) is 6.42. The van der Waals surface area contributed by atoms with Crippen molar-refractivity contribution in [3.63, 3.8) is 0 Å². The third kappa shape index (κ3) is 3.46. The Morgan fingerprint density at radius 3 is 2.11 bits per heavy atom. The summed E-state index contributed by atoms with van der Waals surface area (Å²) in [5.74, 6) is -6.64. The fourth-order valence-electron chi connectivity index (χ4n) is 1.25. The summed E-state index contributed by atoms with van der Waals surface area (Å²) in [5, 5.41) is 8.43. The van der Waals surface area contributed by atoms with E-state index in [0.29, 0.717) is 0 Å². The predicted octanol–water partition coefficient (Wildman–Crippen LogP) is 1.72. The summed E-state index contributed by atoms with van der Waals surface area (Å²) >= 11 is 0. The van der Waals surface area contributed by atoms with Crippen molar-refractivity contribution >= 4 is 15.8 Å². The number of benzene rings is 1. The molecule has 0 saturated carbocycles. The largest absolute Gasteiger partial charge is 0.481 e. The molecule has 0 aliphatic rings. The van der Waals surface area contributed by atoms with Gasteiger partial charge in [-0.3, -0.25) is 4.79 Å². The van der Waals surface area contributed by atoms with Crippen LogP contribution in [-0.2, 0) is 14.6 Å². The van der Waals surface area contributed by atoms with Crippen LogP contribution in [0.25, 0.3) is 0 Å². The Bertz CT molecular complexity index is 522. The van der Waals surface area contributed by atoms with Gasteiger partial charge in [-0.05, 0) is 12.1 Å². The fourth-order valence-corrected chi connectivity index (χ4v) is 2.78. The van der Waals surface area contributed by atoms with Crippen molar-refractivity contribution in [1.82, 2.24) is 0 Å². The van der Waals surface area contributed by atoms with E-state index in [1.807, 2.05) is 0 Å². The van der Waals surface area contributed by atoms with Gasteiger partial charge in [0.25, 0.3) is 0 Å². The molecule has 0 saturated heterocycles. The molecule has 1 aromatic rings. The highest BCUT2D eigenvalue weighted by Gasteiger charge is 2.47. The van der Waals surface area contributed by atoms with Crippen LogP contribution in [-0.4, -0.2) is 31.4 Å². The Kier molecular flexibility index (Phi) is 4.00.